The minimum Gasteiger partial charge on any atom is -0.478 e. The van der Waals surface area contributed by atoms with Crippen LogP contribution in [0.4, 0.5) is 5.69 Å². The lowest BCUT2D eigenvalue weighted by Gasteiger charge is -2.24. The summed E-state index contributed by atoms with van der Waals surface area (Å²) in [5, 5.41) is 12.6. The van der Waals surface area contributed by atoms with Crippen LogP contribution < -0.4 is 5.32 Å². The second kappa shape index (κ2) is 4.57. The van der Waals surface area contributed by atoms with Crippen LogP contribution in [0.1, 0.15) is 17.2 Å². The molecular formula is C15H12N2O2. The number of hydrogen-bond donors (Lipinski definition) is 2. The Balaban J connectivity index is 2.09. The maximum Gasteiger partial charge on any atom is 0.336 e. The molecule has 94 valence electrons. The lowest BCUT2D eigenvalue weighted by Crippen LogP contribution is -2.17. The molecule has 3 rings (SSSR count). The van der Waals surface area contributed by atoms with Gasteiger partial charge in [0.1, 0.15) is 0 Å². The fourth-order valence-corrected chi connectivity index (χ4v) is 2.24. The van der Waals surface area contributed by atoms with Gasteiger partial charge in [-0.1, -0.05) is 30.3 Å². The highest BCUT2D eigenvalue weighted by atomic mass is 16.4. The van der Waals surface area contributed by atoms with Crippen molar-refractivity contribution in [3.8, 4) is 0 Å². The summed E-state index contributed by atoms with van der Waals surface area (Å²) in [5.74, 6) is -0.921. The van der Waals surface area contributed by atoms with Crippen LogP contribution in [0.2, 0.25) is 0 Å². The number of carboxylic acids is 1. The topological polar surface area (TPSA) is 62.2 Å². The Labute approximate surface area is 110 Å². The van der Waals surface area contributed by atoms with E-state index in [1.54, 1.807) is 24.5 Å². The van der Waals surface area contributed by atoms with Gasteiger partial charge in [-0.25, -0.2) is 4.79 Å². The molecule has 1 atom stereocenters. The van der Waals surface area contributed by atoms with Crippen LogP contribution in [-0.2, 0) is 4.79 Å². The highest BCUT2D eigenvalue weighted by Gasteiger charge is 2.23. The fourth-order valence-electron chi connectivity index (χ4n) is 2.24. The molecule has 2 heterocycles. The molecule has 1 aliphatic heterocycles. The maximum absolute atomic E-state index is 11.4. The molecule has 1 aromatic carbocycles. The normalized spacial score (nSPS) is 17.1. The monoisotopic (exact) mass is 252 g/mol. The lowest BCUT2D eigenvalue weighted by molar-refractivity contribution is -0.130. The van der Waals surface area contributed by atoms with E-state index in [0.29, 0.717) is 11.1 Å². The minimum atomic E-state index is -0.921. The first kappa shape index (κ1) is 11.5. The predicted molar refractivity (Wildman–Crippen MR) is 72.7 cm³/mol. The average Bonchev–Trinajstić information content (AvgIpc) is 2.47. The zero-order chi connectivity index (χ0) is 13.2. The smallest absolute Gasteiger partial charge is 0.336 e. The highest BCUT2D eigenvalue weighted by Crippen LogP contribution is 2.34. The molecule has 1 aliphatic rings. The van der Waals surface area contributed by atoms with Gasteiger partial charge in [0.05, 0.1) is 23.5 Å². The second-order valence-electron chi connectivity index (χ2n) is 4.34. The van der Waals surface area contributed by atoms with E-state index in [-0.39, 0.29) is 6.04 Å². The van der Waals surface area contributed by atoms with Gasteiger partial charge < -0.3 is 10.4 Å². The predicted octanol–water partition coefficient (Wildman–Crippen LogP) is 2.72. The molecule has 0 fully saturated rings. The number of nitrogens with zero attached hydrogens (tertiary/aromatic N) is 1. The van der Waals surface area contributed by atoms with E-state index < -0.39 is 5.97 Å². The van der Waals surface area contributed by atoms with E-state index in [1.165, 1.54) is 0 Å². The number of aliphatic carboxylic acids is 1. The number of rotatable bonds is 2. The van der Waals surface area contributed by atoms with Gasteiger partial charge in [-0.3, -0.25) is 4.98 Å². The number of pyridine rings is 1. The first-order chi connectivity index (χ1) is 9.25. The lowest BCUT2D eigenvalue weighted by atomic mass is 9.95. The van der Waals surface area contributed by atoms with E-state index in [0.717, 1.165) is 11.3 Å². The number of aromatic nitrogens is 1. The van der Waals surface area contributed by atoms with Crippen molar-refractivity contribution in [2.75, 3.05) is 5.32 Å². The minimum absolute atomic E-state index is 0.149. The quantitative estimate of drug-likeness (QED) is 0.862. The number of carboxylic acid groups (broad SMARTS) is 1. The number of nitrogens with one attached hydrogen (secondary N) is 1. The van der Waals surface area contributed by atoms with E-state index in [2.05, 4.69) is 10.3 Å². The Morgan fingerprint density at radius 1 is 1.21 bits per heavy atom. The van der Waals surface area contributed by atoms with Crippen molar-refractivity contribution < 1.29 is 9.90 Å². The fraction of sp³-hybridized carbons (Fsp3) is 0.0667. The van der Waals surface area contributed by atoms with E-state index >= 15 is 0 Å². The van der Waals surface area contributed by atoms with Gasteiger partial charge in [-0.15, -0.1) is 0 Å². The van der Waals surface area contributed by atoms with Crippen molar-refractivity contribution in [2.24, 2.45) is 0 Å². The summed E-state index contributed by atoms with van der Waals surface area (Å²) in [6, 6.07) is 11.3. The van der Waals surface area contributed by atoms with Crippen molar-refractivity contribution in [1.82, 2.24) is 4.98 Å². The third-order valence-corrected chi connectivity index (χ3v) is 3.14. The summed E-state index contributed by atoms with van der Waals surface area (Å²) in [4.78, 5) is 15.4. The van der Waals surface area contributed by atoms with E-state index in [4.69, 9.17) is 0 Å². The largest absolute Gasteiger partial charge is 0.478 e. The number of anilines is 1. The van der Waals surface area contributed by atoms with Crippen LogP contribution in [0.15, 0.2) is 54.9 Å². The van der Waals surface area contributed by atoms with Crippen LogP contribution in [0.3, 0.4) is 0 Å². The van der Waals surface area contributed by atoms with Crippen molar-refractivity contribution in [3.63, 3.8) is 0 Å². The first-order valence-corrected chi connectivity index (χ1v) is 5.96. The average molecular weight is 252 g/mol. The summed E-state index contributed by atoms with van der Waals surface area (Å²) in [6.45, 7) is 0. The SMILES string of the molecule is O=C(O)C1=CC(c2ccccc2)Nc2cnccc21. The van der Waals surface area contributed by atoms with Gasteiger partial charge in [0.25, 0.3) is 0 Å². The molecule has 0 radical (unpaired) electrons. The van der Waals surface area contributed by atoms with Crippen LogP contribution in [0, 0.1) is 0 Å². The zero-order valence-electron chi connectivity index (χ0n) is 10.1. The van der Waals surface area contributed by atoms with Crippen LogP contribution >= 0.6 is 0 Å². The van der Waals surface area contributed by atoms with Gasteiger partial charge in [-0.2, -0.15) is 0 Å². The zero-order valence-corrected chi connectivity index (χ0v) is 10.1. The van der Waals surface area contributed by atoms with Gasteiger partial charge in [0.2, 0.25) is 0 Å². The van der Waals surface area contributed by atoms with Gasteiger partial charge in [0, 0.05) is 11.8 Å². The Morgan fingerprint density at radius 3 is 2.74 bits per heavy atom. The van der Waals surface area contributed by atoms with Crippen molar-refractivity contribution in [1.29, 1.82) is 0 Å². The van der Waals surface area contributed by atoms with Crippen molar-refractivity contribution in [3.05, 3.63) is 66.0 Å². The highest BCUT2D eigenvalue weighted by molar-refractivity contribution is 6.17. The van der Waals surface area contributed by atoms with E-state index in [1.807, 2.05) is 30.3 Å². The molecule has 0 amide bonds. The molecule has 2 N–H and O–H groups in total. The molecule has 0 saturated heterocycles. The van der Waals surface area contributed by atoms with Crippen LogP contribution in [-0.4, -0.2) is 16.1 Å². The summed E-state index contributed by atoms with van der Waals surface area (Å²) < 4.78 is 0. The molecule has 0 bridgehead atoms. The summed E-state index contributed by atoms with van der Waals surface area (Å²) in [7, 11) is 0. The summed E-state index contributed by atoms with van der Waals surface area (Å²) in [5.41, 5.74) is 2.76. The third-order valence-electron chi connectivity index (χ3n) is 3.14. The van der Waals surface area contributed by atoms with Crippen LogP contribution in [0.25, 0.3) is 5.57 Å². The van der Waals surface area contributed by atoms with Crippen molar-refractivity contribution >= 4 is 17.2 Å². The van der Waals surface area contributed by atoms with Gasteiger partial charge >= 0.3 is 5.97 Å². The summed E-state index contributed by atoms with van der Waals surface area (Å²) in [6.07, 6.45) is 4.99. The number of carbonyl (C=O) groups is 1. The molecule has 0 spiro atoms. The molecule has 1 unspecified atom stereocenters. The molecule has 2 aromatic rings. The second-order valence-corrected chi connectivity index (χ2v) is 4.34. The molecule has 4 heteroatoms. The number of fused-ring (bicyclic) bond motifs is 1. The molecule has 19 heavy (non-hydrogen) atoms. The Bertz CT molecular complexity index is 650. The number of hydrogen-bond acceptors (Lipinski definition) is 3. The number of benzene rings is 1. The van der Waals surface area contributed by atoms with Gasteiger partial charge in [0.15, 0.2) is 0 Å². The molecular weight excluding hydrogens is 240 g/mol. The Morgan fingerprint density at radius 2 is 2.00 bits per heavy atom. The Hall–Kier alpha value is -2.62. The standard InChI is InChI=1S/C15H12N2O2/c18-15(19)12-8-13(10-4-2-1-3-5-10)17-14-9-16-7-6-11(12)14/h1-9,13,17H,(H,18,19). The van der Waals surface area contributed by atoms with Gasteiger partial charge in [-0.05, 0) is 17.7 Å². The first-order valence-electron chi connectivity index (χ1n) is 5.96. The molecule has 0 saturated carbocycles. The Kier molecular flexibility index (Phi) is 2.76. The van der Waals surface area contributed by atoms with Crippen molar-refractivity contribution in [2.45, 2.75) is 6.04 Å². The molecule has 4 nitrogen and oxygen atoms in total. The molecule has 0 aliphatic carbocycles. The third kappa shape index (κ3) is 2.08. The summed E-state index contributed by atoms with van der Waals surface area (Å²) >= 11 is 0. The molecule has 1 aromatic heterocycles. The van der Waals surface area contributed by atoms with E-state index in [9.17, 15) is 9.90 Å². The maximum atomic E-state index is 11.4. The van der Waals surface area contributed by atoms with Crippen LogP contribution in [0.5, 0.6) is 0 Å².